The highest BCUT2D eigenvalue weighted by Crippen LogP contribution is 2.56. The van der Waals surface area contributed by atoms with E-state index in [1.807, 2.05) is 0 Å². The van der Waals surface area contributed by atoms with Gasteiger partial charge in [-0.3, -0.25) is 0 Å². The van der Waals surface area contributed by atoms with Crippen molar-refractivity contribution in [3.8, 4) is 6.07 Å². The molecule has 0 radical (unpaired) electrons. The number of nitrogens with zero attached hydrogens (tertiary/aromatic N) is 1. The molecule has 0 aromatic rings. The molecule has 0 amide bonds. The fourth-order valence-corrected chi connectivity index (χ4v) is 1.95. The molecular formula is C7H9NO2. The molecule has 54 valence electrons. The van der Waals surface area contributed by atoms with Crippen molar-refractivity contribution in [3.63, 3.8) is 0 Å². The van der Waals surface area contributed by atoms with E-state index in [-0.39, 0.29) is 17.6 Å². The van der Waals surface area contributed by atoms with Gasteiger partial charge in [-0.15, -0.1) is 0 Å². The zero-order chi connectivity index (χ0) is 7.24. The Morgan fingerprint density at radius 3 is 2.60 bits per heavy atom. The van der Waals surface area contributed by atoms with Crippen LogP contribution < -0.4 is 0 Å². The van der Waals surface area contributed by atoms with Gasteiger partial charge in [0, 0.05) is 0 Å². The van der Waals surface area contributed by atoms with Crippen LogP contribution in [0.4, 0.5) is 0 Å². The van der Waals surface area contributed by atoms with E-state index in [0.717, 1.165) is 12.8 Å². The Morgan fingerprint density at radius 2 is 2.30 bits per heavy atom. The third kappa shape index (κ3) is 0.511. The molecule has 0 aromatic heterocycles. The number of fused-ring (bicyclic) bond motifs is 1. The van der Waals surface area contributed by atoms with Crippen LogP contribution in [0.15, 0.2) is 0 Å². The normalized spacial score (nSPS) is 50.0. The molecule has 1 aliphatic carbocycles. The first-order chi connectivity index (χ1) is 4.74. The molecule has 2 bridgehead atoms. The van der Waals surface area contributed by atoms with Gasteiger partial charge >= 0.3 is 0 Å². The summed E-state index contributed by atoms with van der Waals surface area (Å²) in [5.74, 6) is 0. The summed E-state index contributed by atoms with van der Waals surface area (Å²) in [6.45, 7) is 0.584. The molecule has 3 fully saturated rings. The average molecular weight is 139 g/mol. The maximum atomic E-state index is 8.84. The first kappa shape index (κ1) is 6.14. The van der Waals surface area contributed by atoms with Crippen LogP contribution in [0.3, 0.4) is 0 Å². The van der Waals surface area contributed by atoms with Crippen molar-refractivity contribution in [2.75, 3.05) is 13.2 Å². The maximum absolute atomic E-state index is 8.84. The fraction of sp³-hybridized carbons (Fsp3) is 0.857. The van der Waals surface area contributed by atoms with Crippen molar-refractivity contribution >= 4 is 0 Å². The molecular weight excluding hydrogens is 130 g/mol. The highest BCUT2D eigenvalue weighted by Gasteiger charge is 2.62. The smallest absolute Gasteiger partial charge is 0.0945 e. The summed E-state index contributed by atoms with van der Waals surface area (Å²) in [6, 6.07) is 2.23. The monoisotopic (exact) mass is 139 g/mol. The molecule has 10 heavy (non-hydrogen) atoms. The average Bonchev–Trinajstić information content (AvgIpc) is 2.40. The van der Waals surface area contributed by atoms with E-state index in [1.54, 1.807) is 0 Å². The molecule has 3 nitrogen and oxygen atoms in total. The summed E-state index contributed by atoms with van der Waals surface area (Å²) in [7, 11) is 0. The van der Waals surface area contributed by atoms with E-state index >= 15 is 0 Å². The van der Waals surface area contributed by atoms with E-state index < -0.39 is 0 Å². The van der Waals surface area contributed by atoms with Crippen molar-refractivity contribution in [3.05, 3.63) is 0 Å². The van der Waals surface area contributed by atoms with Gasteiger partial charge in [-0.05, 0) is 12.8 Å². The Bertz CT molecular complexity index is 200. The summed E-state index contributed by atoms with van der Waals surface area (Å²) < 4.78 is 5.29. The number of rotatable bonds is 1. The van der Waals surface area contributed by atoms with Gasteiger partial charge in [0.05, 0.1) is 30.3 Å². The molecule has 3 heteroatoms. The molecule has 0 aromatic carbocycles. The van der Waals surface area contributed by atoms with Gasteiger partial charge in [-0.2, -0.15) is 5.26 Å². The second-order valence-electron chi connectivity index (χ2n) is 3.38. The lowest BCUT2D eigenvalue weighted by Gasteiger charge is -2.38. The van der Waals surface area contributed by atoms with Crippen LogP contribution in [0, 0.1) is 16.7 Å². The standard InChI is InChI=1S/C7H9NO2/c8-3-6-1-7(2-6,4-9)10-5-6/h9H,1-2,4-5H2. The van der Waals surface area contributed by atoms with E-state index in [2.05, 4.69) is 6.07 Å². The summed E-state index contributed by atoms with van der Waals surface area (Å²) in [5, 5.41) is 17.5. The number of hydrogen-bond donors (Lipinski definition) is 1. The van der Waals surface area contributed by atoms with Gasteiger partial charge in [-0.25, -0.2) is 0 Å². The van der Waals surface area contributed by atoms with E-state index in [0.29, 0.717) is 6.61 Å². The van der Waals surface area contributed by atoms with E-state index in [1.165, 1.54) is 0 Å². The van der Waals surface area contributed by atoms with Gasteiger partial charge in [0.25, 0.3) is 0 Å². The molecule has 3 rings (SSSR count). The highest BCUT2D eigenvalue weighted by atomic mass is 16.5. The maximum Gasteiger partial charge on any atom is 0.0945 e. The summed E-state index contributed by atoms with van der Waals surface area (Å²) in [5.41, 5.74) is -0.557. The van der Waals surface area contributed by atoms with Crippen LogP contribution in [0.2, 0.25) is 0 Å². The summed E-state index contributed by atoms with van der Waals surface area (Å²) >= 11 is 0. The van der Waals surface area contributed by atoms with Crippen molar-refractivity contribution in [2.45, 2.75) is 18.4 Å². The third-order valence-corrected chi connectivity index (χ3v) is 2.50. The Kier molecular flexibility index (Phi) is 0.936. The highest BCUT2D eigenvalue weighted by molar-refractivity contribution is 5.20. The summed E-state index contributed by atoms with van der Waals surface area (Å²) in [6.07, 6.45) is 1.46. The van der Waals surface area contributed by atoms with Crippen molar-refractivity contribution in [2.24, 2.45) is 5.41 Å². The van der Waals surface area contributed by atoms with Crippen LogP contribution in [0.5, 0.6) is 0 Å². The fourth-order valence-electron chi connectivity index (χ4n) is 1.95. The lowest BCUT2D eigenvalue weighted by Crippen LogP contribution is -2.46. The Hall–Kier alpha value is -0.590. The predicted octanol–water partition coefficient (Wildman–Crippen LogP) is 0.0515. The number of nitriles is 1. The molecule has 1 saturated carbocycles. The molecule has 0 spiro atoms. The molecule has 2 heterocycles. The second-order valence-corrected chi connectivity index (χ2v) is 3.38. The molecule has 3 aliphatic rings. The minimum atomic E-state index is -0.324. The zero-order valence-electron chi connectivity index (χ0n) is 5.63. The van der Waals surface area contributed by atoms with Crippen LogP contribution >= 0.6 is 0 Å². The lowest BCUT2D eigenvalue weighted by molar-refractivity contribution is -0.0505. The zero-order valence-corrected chi connectivity index (χ0v) is 5.63. The van der Waals surface area contributed by atoms with Gasteiger partial charge < -0.3 is 9.84 Å². The minimum absolute atomic E-state index is 0.0659. The van der Waals surface area contributed by atoms with Crippen molar-refractivity contribution in [1.29, 1.82) is 5.26 Å². The first-order valence-electron chi connectivity index (χ1n) is 3.40. The predicted molar refractivity (Wildman–Crippen MR) is 33.0 cm³/mol. The number of aliphatic hydroxyl groups excluding tert-OH is 1. The van der Waals surface area contributed by atoms with Gasteiger partial charge in [0.15, 0.2) is 0 Å². The van der Waals surface area contributed by atoms with E-state index in [4.69, 9.17) is 15.1 Å². The Balaban J connectivity index is 2.15. The second kappa shape index (κ2) is 1.52. The molecule has 2 saturated heterocycles. The Morgan fingerprint density at radius 1 is 1.60 bits per heavy atom. The van der Waals surface area contributed by atoms with Crippen LogP contribution in [0.1, 0.15) is 12.8 Å². The molecule has 1 N–H and O–H groups in total. The van der Waals surface area contributed by atoms with Gasteiger partial charge in [0.2, 0.25) is 0 Å². The van der Waals surface area contributed by atoms with E-state index in [9.17, 15) is 0 Å². The van der Waals surface area contributed by atoms with Gasteiger partial charge in [-0.1, -0.05) is 0 Å². The number of hydrogen-bond acceptors (Lipinski definition) is 3. The number of aliphatic hydroxyl groups is 1. The van der Waals surface area contributed by atoms with Crippen molar-refractivity contribution < 1.29 is 9.84 Å². The minimum Gasteiger partial charge on any atom is -0.393 e. The lowest BCUT2D eigenvalue weighted by atomic mass is 9.64. The molecule has 0 atom stereocenters. The quantitative estimate of drug-likeness (QED) is 0.558. The van der Waals surface area contributed by atoms with Crippen molar-refractivity contribution in [1.82, 2.24) is 0 Å². The van der Waals surface area contributed by atoms with Gasteiger partial charge in [0.1, 0.15) is 0 Å². The third-order valence-electron chi connectivity index (χ3n) is 2.50. The largest absolute Gasteiger partial charge is 0.393 e. The topological polar surface area (TPSA) is 53.2 Å². The van der Waals surface area contributed by atoms with Crippen LogP contribution in [-0.4, -0.2) is 23.9 Å². The summed E-state index contributed by atoms with van der Waals surface area (Å²) in [4.78, 5) is 0. The molecule has 0 unspecified atom stereocenters. The Labute approximate surface area is 59.2 Å². The number of ether oxygens (including phenoxy) is 1. The molecule has 2 aliphatic heterocycles. The first-order valence-corrected chi connectivity index (χ1v) is 3.40. The van der Waals surface area contributed by atoms with Crippen LogP contribution in [-0.2, 0) is 4.74 Å². The van der Waals surface area contributed by atoms with Crippen LogP contribution in [0.25, 0.3) is 0 Å². The SMILES string of the molecule is N#CC12COC(CO)(C1)C2.